The van der Waals surface area contributed by atoms with Crippen LogP contribution in [0.2, 0.25) is 0 Å². The largest absolute Gasteiger partial charge is 0.508 e. The predicted octanol–water partition coefficient (Wildman–Crippen LogP) is 3.54. The van der Waals surface area contributed by atoms with Crippen LogP contribution in [0.15, 0.2) is 48.6 Å². The van der Waals surface area contributed by atoms with Gasteiger partial charge in [-0.15, -0.1) is 31.2 Å². The summed E-state index contributed by atoms with van der Waals surface area (Å²) in [4.78, 5) is 0. The van der Waals surface area contributed by atoms with Gasteiger partial charge in [0.1, 0.15) is 5.75 Å². The molecule has 0 radical (unpaired) electrons. The summed E-state index contributed by atoms with van der Waals surface area (Å²) in [6.07, 6.45) is 10.0. The van der Waals surface area contributed by atoms with Crippen LogP contribution < -0.4 is 0 Å². The van der Waals surface area contributed by atoms with Crippen molar-refractivity contribution in [3.63, 3.8) is 0 Å². The predicted molar refractivity (Wildman–Crippen MR) is 64.2 cm³/mol. The quantitative estimate of drug-likeness (QED) is 0.724. The van der Waals surface area contributed by atoms with Gasteiger partial charge < -0.3 is 5.11 Å². The summed E-state index contributed by atoms with van der Waals surface area (Å²) >= 11 is 0. The molecule has 1 nitrogen and oxygen atoms in total. The summed E-state index contributed by atoms with van der Waals surface area (Å²) in [5.74, 6) is 0.322. The molecule has 1 aliphatic rings. The van der Waals surface area contributed by atoms with Gasteiger partial charge in [0.25, 0.3) is 0 Å². The van der Waals surface area contributed by atoms with E-state index >= 15 is 0 Å². The number of hydrogen-bond donors (Lipinski definition) is 1. The van der Waals surface area contributed by atoms with Crippen LogP contribution in [0, 0.1) is 6.08 Å². The minimum atomic E-state index is 0. The van der Waals surface area contributed by atoms with Gasteiger partial charge in [-0.2, -0.15) is 6.08 Å². The average Bonchev–Trinajstić information content (AvgIpc) is 2.62. The van der Waals surface area contributed by atoms with E-state index < -0.39 is 0 Å². The van der Waals surface area contributed by atoms with Crippen molar-refractivity contribution in [3.8, 4) is 5.75 Å². The molecule has 1 N–H and O–H groups in total. The maximum atomic E-state index is 8.63. The molecule has 15 heavy (non-hydrogen) atoms. The van der Waals surface area contributed by atoms with Crippen LogP contribution in [0.1, 0.15) is 6.42 Å². The molecule has 0 aliphatic heterocycles. The van der Waals surface area contributed by atoms with Crippen molar-refractivity contribution in [1.82, 2.24) is 0 Å². The number of halogens is 2. The molecule has 0 heterocycles. The van der Waals surface area contributed by atoms with Gasteiger partial charge >= 0.3 is 0 Å². The molecule has 0 atom stereocenters. The van der Waals surface area contributed by atoms with E-state index in [-0.39, 0.29) is 51.0 Å². The molecule has 0 saturated carbocycles. The summed E-state index contributed by atoms with van der Waals surface area (Å²) in [6, 6.07) is 8.71. The Labute approximate surface area is 122 Å². The minimum Gasteiger partial charge on any atom is -0.508 e. The molecular formula is C11H13Cl2OZr-. The number of rotatable bonds is 0. The Morgan fingerprint density at radius 2 is 1.67 bits per heavy atom. The van der Waals surface area contributed by atoms with E-state index in [1.807, 2.05) is 18.2 Å². The van der Waals surface area contributed by atoms with E-state index in [9.17, 15) is 0 Å². The fraction of sp³-hybridized carbons (Fsp3) is 0.0909. The second kappa shape index (κ2) is 14.0. The van der Waals surface area contributed by atoms with Crippen molar-refractivity contribution < 1.29 is 31.3 Å². The number of phenols is 1. The number of benzene rings is 1. The van der Waals surface area contributed by atoms with Gasteiger partial charge in [0.05, 0.1) is 0 Å². The molecule has 0 saturated heterocycles. The minimum absolute atomic E-state index is 0. The summed E-state index contributed by atoms with van der Waals surface area (Å²) in [5, 5.41) is 8.63. The molecular weight excluding hydrogens is 310 g/mol. The zero-order chi connectivity index (χ0) is 8.65. The zero-order valence-electron chi connectivity index (χ0n) is 8.09. The molecule has 1 aromatic rings. The first-order chi connectivity index (χ1) is 5.89. The number of aromatic hydroxyl groups is 1. The summed E-state index contributed by atoms with van der Waals surface area (Å²) in [7, 11) is 0. The summed E-state index contributed by atoms with van der Waals surface area (Å²) < 4.78 is 0. The molecule has 2 rings (SSSR count). The second-order valence-corrected chi connectivity index (χ2v) is 2.34. The van der Waals surface area contributed by atoms with Crippen LogP contribution in [0.4, 0.5) is 0 Å². The van der Waals surface area contributed by atoms with Gasteiger partial charge in [-0.25, -0.2) is 12.2 Å². The van der Waals surface area contributed by atoms with Gasteiger partial charge in [0.2, 0.25) is 0 Å². The number of para-hydroxylation sites is 1. The first-order valence-corrected chi connectivity index (χ1v) is 3.85. The third kappa shape index (κ3) is 11.9. The van der Waals surface area contributed by atoms with E-state index in [0.29, 0.717) is 5.75 Å². The van der Waals surface area contributed by atoms with E-state index in [4.69, 9.17) is 5.11 Å². The molecule has 0 amide bonds. The number of phenolic OH excluding ortho intramolecular Hbond substituents is 1. The molecule has 0 aromatic heterocycles. The fourth-order valence-electron chi connectivity index (χ4n) is 0.768. The first-order valence-electron chi connectivity index (χ1n) is 3.85. The molecule has 0 spiro atoms. The van der Waals surface area contributed by atoms with Crippen molar-refractivity contribution in [2.24, 2.45) is 0 Å². The number of allylic oxidation sites excluding steroid dienone is 4. The van der Waals surface area contributed by atoms with Crippen LogP contribution in [0.3, 0.4) is 0 Å². The SMILES string of the molecule is Cl.Cl.Oc1ccccc1.[C-]1=CC=CC1.[Zr]. The summed E-state index contributed by atoms with van der Waals surface area (Å²) in [6.45, 7) is 0. The van der Waals surface area contributed by atoms with Crippen LogP contribution >= 0.6 is 24.8 Å². The molecule has 82 valence electrons. The fourth-order valence-corrected chi connectivity index (χ4v) is 0.768. The molecule has 1 aliphatic carbocycles. The molecule has 4 heteroatoms. The van der Waals surface area contributed by atoms with Gasteiger partial charge in [-0.1, -0.05) is 18.2 Å². The topological polar surface area (TPSA) is 20.2 Å². The van der Waals surface area contributed by atoms with E-state index in [0.717, 1.165) is 6.42 Å². The van der Waals surface area contributed by atoms with E-state index in [2.05, 4.69) is 12.2 Å². The van der Waals surface area contributed by atoms with Crippen LogP contribution in [0.25, 0.3) is 0 Å². The van der Waals surface area contributed by atoms with Crippen molar-refractivity contribution in [3.05, 3.63) is 54.6 Å². The van der Waals surface area contributed by atoms with Crippen molar-refractivity contribution in [2.75, 3.05) is 0 Å². The Balaban J connectivity index is -0.000000165. The van der Waals surface area contributed by atoms with Gasteiger partial charge in [0, 0.05) is 26.2 Å². The molecule has 0 bridgehead atoms. The number of hydrogen-bond acceptors (Lipinski definition) is 1. The van der Waals surface area contributed by atoms with Gasteiger partial charge in [-0.3, -0.25) is 6.08 Å². The van der Waals surface area contributed by atoms with E-state index in [1.165, 1.54) is 0 Å². The summed E-state index contributed by atoms with van der Waals surface area (Å²) in [5.41, 5.74) is 0. The second-order valence-electron chi connectivity index (χ2n) is 2.34. The monoisotopic (exact) mass is 321 g/mol. The third-order valence-corrected chi connectivity index (χ3v) is 1.34. The zero-order valence-corrected chi connectivity index (χ0v) is 12.2. The smallest absolute Gasteiger partial charge is 0.115 e. The van der Waals surface area contributed by atoms with Gasteiger partial charge in [-0.05, 0) is 12.1 Å². The molecule has 0 fully saturated rings. The molecule has 0 unspecified atom stereocenters. The third-order valence-electron chi connectivity index (χ3n) is 1.34. The normalized spacial score (nSPS) is 9.87. The standard InChI is InChI=1S/C6H6O.C5H5.2ClH.Zr/c7-6-4-2-1-3-5-6;1-2-4-5-3-1;;;/h1-5,7H;1-3H,4H2;2*1H;/q;-1;;;. The van der Waals surface area contributed by atoms with Crippen molar-refractivity contribution >= 4 is 24.8 Å². The Morgan fingerprint density at radius 1 is 1.07 bits per heavy atom. The van der Waals surface area contributed by atoms with Gasteiger partial charge in [0.15, 0.2) is 0 Å². The van der Waals surface area contributed by atoms with Crippen LogP contribution in [-0.2, 0) is 26.2 Å². The van der Waals surface area contributed by atoms with E-state index in [1.54, 1.807) is 24.3 Å². The Kier molecular flexibility index (Phi) is 19.0. The molecule has 1 aromatic carbocycles. The Bertz CT molecular complexity index is 263. The Morgan fingerprint density at radius 3 is 1.87 bits per heavy atom. The van der Waals surface area contributed by atoms with Crippen LogP contribution in [0.5, 0.6) is 5.75 Å². The Hall–Kier alpha value is -0.0369. The maximum Gasteiger partial charge on any atom is 0.115 e. The van der Waals surface area contributed by atoms with Crippen LogP contribution in [-0.4, -0.2) is 5.11 Å². The van der Waals surface area contributed by atoms with Crippen molar-refractivity contribution in [1.29, 1.82) is 0 Å². The van der Waals surface area contributed by atoms with Crippen molar-refractivity contribution in [2.45, 2.75) is 6.42 Å². The first kappa shape index (κ1) is 20.4. The average molecular weight is 323 g/mol. The maximum absolute atomic E-state index is 8.63.